The predicted octanol–water partition coefficient (Wildman–Crippen LogP) is 5.32. The van der Waals surface area contributed by atoms with Crippen molar-refractivity contribution in [2.75, 3.05) is 5.32 Å². The monoisotopic (exact) mass is 321 g/mol. The van der Waals surface area contributed by atoms with Crippen LogP contribution >= 0.6 is 11.3 Å². The lowest BCUT2D eigenvalue weighted by atomic mass is 9.96. The summed E-state index contributed by atoms with van der Waals surface area (Å²) >= 11 is 1.88. The van der Waals surface area contributed by atoms with Crippen molar-refractivity contribution in [3.63, 3.8) is 0 Å². The number of rotatable bonds is 1. The molecule has 2 nitrogen and oxygen atoms in total. The third-order valence-corrected chi connectivity index (χ3v) is 5.89. The summed E-state index contributed by atoms with van der Waals surface area (Å²) in [5, 5.41) is 4.37. The Labute approximate surface area is 140 Å². The van der Waals surface area contributed by atoms with Crippen molar-refractivity contribution in [2.24, 2.45) is 0 Å². The summed E-state index contributed by atoms with van der Waals surface area (Å²) in [5.74, 6) is -0.0155. The predicted molar refractivity (Wildman–Crippen MR) is 98.3 cm³/mol. The van der Waals surface area contributed by atoms with Gasteiger partial charge in [0.1, 0.15) is 0 Å². The van der Waals surface area contributed by atoms with Gasteiger partial charge in [-0.1, -0.05) is 24.3 Å². The minimum Gasteiger partial charge on any atom is -0.326 e. The maximum Gasteiger partial charge on any atom is 0.221 e. The number of hydrogen-bond donors (Lipinski definition) is 1. The van der Waals surface area contributed by atoms with Crippen LogP contribution in [0.5, 0.6) is 0 Å². The summed E-state index contributed by atoms with van der Waals surface area (Å²) in [6.07, 6.45) is 3.41. The maximum absolute atomic E-state index is 11.5. The highest BCUT2D eigenvalue weighted by Crippen LogP contribution is 2.45. The van der Waals surface area contributed by atoms with E-state index in [9.17, 15) is 4.79 Å². The van der Waals surface area contributed by atoms with Crippen molar-refractivity contribution < 1.29 is 4.79 Å². The van der Waals surface area contributed by atoms with Gasteiger partial charge in [0, 0.05) is 27.8 Å². The highest BCUT2D eigenvalue weighted by atomic mass is 32.1. The molecule has 3 heteroatoms. The molecule has 0 unspecified atom stereocenters. The molecular weight excluding hydrogens is 302 g/mol. The van der Waals surface area contributed by atoms with E-state index in [1.54, 1.807) is 6.92 Å². The second-order valence-electron chi connectivity index (χ2n) is 6.21. The van der Waals surface area contributed by atoms with E-state index in [0.717, 1.165) is 18.5 Å². The molecule has 1 aliphatic carbocycles. The molecule has 0 bridgehead atoms. The van der Waals surface area contributed by atoms with Crippen molar-refractivity contribution in [2.45, 2.75) is 33.1 Å². The summed E-state index contributed by atoms with van der Waals surface area (Å²) in [7, 11) is 0. The number of anilines is 1. The van der Waals surface area contributed by atoms with Crippen LogP contribution in [0.15, 0.2) is 36.4 Å². The van der Waals surface area contributed by atoms with Crippen LogP contribution in [0, 0.1) is 6.92 Å². The van der Waals surface area contributed by atoms with Crippen LogP contribution in [0.1, 0.15) is 30.0 Å². The molecule has 2 aromatic carbocycles. The molecule has 23 heavy (non-hydrogen) atoms. The van der Waals surface area contributed by atoms with Gasteiger partial charge in [-0.05, 0) is 60.4 Å². The third-order valence-electron chi connectivity index (χ3n) is 4.66. The van der Waals surface area contributed by atoms with Crippen LogP contribution in [-0.2, 0) is 17.6 Å². The lowest BCUT2D eigenvalue weighted by Crippen LogP contribution is -2.08. The summed E-state index contributed by atoms with van der Waals surface area (Å²) in [4.78, 5) is 12.9. The number of amides is 1. The van der Waals surface area contributed by atoms with E-state index in [4.69, 9.17) is 0 Å². The standard InChI is InChI=1S/C20H19NOS/c1-12-17(21-13(2)22)11-10-14-6-5-8-16-15-7-3-4-9-18(15)23-20(16)19(12)14/h3-4,7,9-11H,5-6,8H2,1-2H3,(H,21,22). The number of nitrogens with one attached hydrogen (secondary N) is 1. The molecule has 1 aromatic heterocycles. The molecule has 0 aliphatic heterocycles. The lowest BCUT2D eigenvalue weighted by Gasteiger charge is -2.14. The first kappa shape index (κ1) is 14.5. The van der Waals surface area contributed by atoms with E-state index in [1.807, 2.05) is 17.4 Å². The SMILES string of the molecule is CC(=O)Nc1ccc2c(c1C)-c1sc3ccccc3c1CCC2. The zero-order chi connectivity index (χ0) is 16.0. The minimum absolute atomic E-state index is 0.0155. The molecule has 4 rings (SSSR count). The van der Waals surface area contributed by atoms with Gasteiger partial charge in [0.2, 0.25) is 5.91 Å². The molecule has 3 aromatic rings. The molecule has 0 saturated carbocycles. The van der Waals surface area contributed by atoms with Crippen molar-refractivity contribution in [1.29, 1.82) is 0 Å². The molecule has 1 amide bonds. The van der Waals surface area contributed by atoms with E-state index in [-0.39, 0.29) is 5.91 Å². The van der Waals surface area contributed by atoms with Crippen LogP contribution in [-0.4, -0.2) is 5.91 Å². The van der Waals surface area contributed by atoms with Crippen molar-refractivity contribution in [3.05, 3.63) is 53.1 Å². The fraction of sp³-hybridized carbons (Fsp3) is 0.250. The summed E-state index contributed by atoms with van der Waals surface area (Å²) in [6, 6.07) is 12.9. The van der Waals surface area contributed by atoms with Gasteiger partial charge in [-0.3, -0.25) is 4.79 Å². The molecule has 0 fully saturated rings. The number of carbonyl (C=O) groups excluding carboxylic acids is 1. The molecule has 0 atom stereocenters. The summed E-state index contributed by atoms with van der Waals surface area (Å²) < 4.78 is 1.36. The highest BCUT2D eigenvalue weighted by molar-refractivity contribution is 7.22. The Hall–Kier alpha value is -2.13. The van der Waals surface area contributed by atoms with Gasteiger partial charge in [-0.25, -0.2) is 0 Å². The maximum atomic E-state index is 11.5. The number of aryl methyl sites for hydroxylation is 2. The molecule has 1 heterocycles. The Balaban J connectivity index is 2.00. The van der Waals surface area contributed by atoms with Gasteiger partial charge in [-0.15, -0.1) is 11.3 Å². The summed E-state index contributed by atoms with van der Waals surface area (Å²) in [5.41, 5.74) is 6.34. The number of hydrogen-bond acceptors (Lipinski definition) is 2. The van der Waals surface area contributed by atoms with E-state index >= 15 is 0 Å². The largest absolute Gasteiger partial charge is 0.326 e. The lowest BCUT2D eigenvalue weighted by molar-refractivity contribution is -0.114. The van der Waals surface area contributed by atoms with Crippen LogP contribution in [0.3, 0.4) is 0 Å². The van der Waals surface area contributed by atoms with E-state index in [1.165, 1.54) is 43.6 Å². The Morgan fingerprint density at radius 1 is 1.13 bits per heavy atom. The second kappa shape index (κ2) is 5.50. The first-order valence-electron chi connectivity index (χ1n) is 8.06. The second-order valence-corrected chi connectivity index (χ2v) is 7.27. The van der Waals surface area contributed by atoms with Gasteiger partial charge >= 0.3 is 0 Å². The zero-order valence-corrected chi connectivity index (χ0v) is 14.2. The van der Waals surface area contributed by atoms with Crippen LogP contribution in [0.25, 0.3) is 20.5 Å². The number of carbonyl (C=O) groups is 1. The normalized spacial score (nSPS) is 13.3. The molecule has 0 spiro atoms. The Bertz CT molecular complexity index is 923. The highest BCUT2D eigenvalue weighted by Gasteiger charge is 2.22. The average Bonchev–Trinajstić information content (AvgIpc) is 2.78. The Morgan fingerprint density at radius 2 is 1.96 bits per heavy atom. The van der Waals surface area contributed by atoms with Gasteiger partial charge in [0.05, 0.1) is 0 Å². The Morgan fingerprint density at radius 3 is 2.78 bits per heavy atom. The zero-order valence-electron chi connectivity index (χ0n) is 13.4. The molecule has 0 radical (unpaired) electrons. The fourth-order valence-corrected chi connectivity index (χ4v) is 5.01. The smallest absolute Gasteiger partial charge is 0.221 e. The van der Waals surface area contributed by atoms with Gasteiger partial charge in [-0.2, -0.15) is 0 Å². The summed E-state index contributed by atoms with van der Waals surface area (Å²) in [6.45, 7) is 3.69. The Kier molecular flexibility index (Phi) is 3.46. The van der Waals surface area contributed by atoms with Crippen molar-refractivity contribution >= 4 is 33.0 Å². The third kappa shape index (κ3) is 2.36. The number of fused-ring (bicyclic) bond motifs is 5. The van der Waals surface area contributed by atoms with Gasteiger partial charge in [0.15, 0.2) is 0 Å². The van der Waals surface area contributed by atoms with Gasteiger partial charge < -0.3 is 5.32 Å². The quantitative estimate of drug-likeness (QED) is 0.645. The van der Waals surface area contributed by atoms with E-state index in [2.05, 4.69) is 42.6 Å². The molecular formula is C20H19NOS. The molecule has 0 saturated heterocycles. The minimum atomic E-state index is -0.0155. The van der Waals surface area contributed by atoms with E-state index in [0.29, 0.717) is 0 Å². The van der Waals surface area contributed by atoms with Crippen molar-refractivity contribution in [1.82, 2.24) is 0 Å². The van der Waals surface area contributed by atoms with Crippen molar-refractivity contribution in [3.8, 4) is 10.4 Å². The molecule has 1 aliphatic rings. The van der Waals surface area contributed by atoms with Crippen LogP contribution in [0.2, 0.25) is 0 Å². The first-order valence-corrected chi connectivity index (χ1v) is 8.87. The average molecular weight is 321 g/mol. The first-order chi connectivity index (χ1) is 11.1. The van der Waals surface area contributed by atoms with Crippen LogP contribution < -0.4 is 5.32 Å². The topological polar surface area (TPSA) is 29.1 Å². The number of benzene rings is 2. The van der Waals surface area contributed by atoms with Gasteiger partial charge in [0.25, 0.3) is 0 Å². The molecule has 1 N–H and O–H groups in total. The van der Waals surface area contributed by atoms with E-state index < -0.39 is 0 Å². The molecule has 116 valence electrons. The fourth-order valence-electron chi connectivity index (χ4n) is 3.62. The number of thiophene rings is 1. The van der Waals surface area contributed by atoms with Crippen LogP contribution in [0.4, 0.5) is 5.69 Å².